The molecule has 1 heterocycles. The van der Waals surface area contributed by atoms with E-state index in [2.05, 4.69) is 13.0 Å². The van der Waals surface area contributed by atoms with E-state index in [0.717, 1.165) is 42.9 Å². The summed E-state index contributed by atoms with van der Waals surface area (Å²) in [5.41, 5.74) is 3.04. The van der Waals surface area contributed by atoms with Crippen LogP contribution in [0.2, 0.25) is 0 Å². The molecule has 0 aromatic rings. The highest BCUT2D eigenvalue weighted by Gasteiger charge is 2.78. The van der Waals surface area contributed by atoms with Gasteiger partial charge in [0, 0.05) is 30.3 Å². The average molecular weight is 379 g/mol. The molecule has 3 heteroatoms. The molecule has 0 aromatic carbocycles. The second-order valence-corrected chi connectivity index (χ2v) is 11.3. The van der Waals surface area contributed by atoms with E-state index in [4.69, 9.17) is 4.74 Å². The molecule has 4 saturated carbocycles. The molecule has 8 atom stereocenters. The van der Waals surface area contributed by atoms with Gasteiger partial charge in [-0.15, -0.1) is 0 Å². The fraction of sp³-hybridized carbons (Fsp3) is 0.760. The predicted molar refractivity (Wildman–Crippen MR) is 104 cm³/mol. The van der Waals surface area contributed by atoms with E-state index in [1.165, 1.54) is 38.5 Å². The molecule has 6 aliphatic carbocycles. The monoisotopic (exact) mass is 378 g/mol. The maximum absolute atomic E-state index is 12.2. The molecule has 0 radical (unpaired) electrons. The summed E-state index contributed by atoms with van der Waals surface area (Å²) < 4.78 is 6.14. The van der Waals surface area contributed by atoms with Crippen LogP contribution in [0.5, 0.6) is 0 Å². The molecule has 7 aliphatic rings. The van der Waals surface area contributed by atoms with E-state index < -0.39 is 0 Å². The third kappa shape index (κ3) is 1.83. The zero-order valence-electron chi connectivity index (χ0n) is 16.8. The van der Waals surface area contributed by atoms with Crippen LogP contribution in [0, 0.1) is 46.8 Å². The van der Waals surface area contributed by atoms with Gasteiger partial charge in [-0.1, -0.05) is 18.1 Å². The number of rotatable bonds is 1. The fourth-order valence-corrected chi connectivity index (χ4v) is 9.10. The molecular weight excluding hydrogens is 348 g/mol. The van der Waals surface area contributed by atoms with E-state index in [0.29, 0.717) is 23.5 Å². The summed E-state index contributed by atoms with van der Waals surface area (Å²) in [6, 6.07) is 0. The highest BCUT2D eigenvalue weighted by atomic mass is 16.6. The van der Waals surface area contributed by atoms with Crippen molar-refractivity contribution in [1.29, 1.82) is 0 Å². The van der Waals surface area contributed by atoms with Crippen molar-refractivity contribution in [3.05, 3.63) is 23.3 Å². The summed E-state index contributed by atoms with van der Waals surface area (Å²) in [4.78, 5) is 24.3. The minimum absolute atomic E-state index is 0.111. The van der Waals surface area contributed by atoms with Crippen molar-refractivity contribution in [2.24, 2.45) is 46.8 Å². The standard InChI is InChI=1S/C25H30O3/c1-24-8-6-17-16-5-4-15(26)10-14(16)11-18(13-2-3-13)22(17)23(24)19-12-20(19)25(24)9-7-21(27)28-25/h7,9,13,17-20,22-23H,2-6,8,10-12H2,1H3/t17-,18-,19+,20-,22+,23+,24+,25+/m1/s1. The van der Waals surface area contributed by atoms with Gasteiger partial charge in [-0.25, -0.2) is 4.79 Å². The molecule has 4 fully saturated rings. The third-order valence-corrected chi connectivity index (χ3v) is 10.3. The quantitative estimate of drug-likeness (QED) is 0.494. The van der Waals surface area contributed by atoms with Crippen LogP contribution >= 0.6 is 0 Å². The maximum atomic E-state index is 12.2. The van der Waals surface area contributed by atoms with Crippen molar-refractivity contribution in [3.63, 3.8) is 0 Å². The second-order valence-electron chi connectivity index (χ2n) is 11.3. The minimum atomic E-state index is -0.310. The number of Topliss-reactive ketones (excluding diaryl/α,β-unsaturated/α-hetero) is 1. The summed E-state index contributed by atoms with van der Waals surface area (Å²) in [5, 5.41) is 0. The van der Waals surface area contributed by atoms with Crippen LogP contribution in [0.3, 0.4) is 0 Å². The van der Waals surface area contributed by atoms with E-state index >= 15 is 0 Å². The van der Waals surface area contributed by atoms with Crippen LogP contribution < -0.4 is 0 Å². The normalized spacial score (nSPS) is 53.6. The Morgan fingerprint density at radius 3 is 2.71 bits per heavy atom. The summed E-state index contributed by atoms with van der Waals surface area (Å²) in [6.07, 6.45) is 14.1. The number of hydrogen-bond acceptors (Lipinski definition) is 3. The van der Waals surface area contributed by atoms with Crippen LogP contribution in [0.15, 0.2) is 23.3 Å². The Labute approximate surface area is 167 Å². The molecule has 1 aliphatic heterocycles. The topological polar surface area (TPSA) is 43.4 Å². The summed E-state index contributed by atoms with van der Waals surface area (Å²) in [5.74, 6) is 5.50. The van der Waals surface area contributed by atoms with E-state index in [1.807, 2.05) is 0 Å². The maximum Gasteiger partial charge on any atom is 0.331 e. The molecule has 0 saturated heterocycles. The average Bonchev–Trinajstić information content (AvgIpc) is 3.59. The van der Waals surface area contributed by atoms with Gasteiger partial charge in [-0.05, 0) is 86.5 Å². The first-order chi connectivity index (χ1) is 13.5. The lowest BCUT2D eigenvalue weighted by molar-refractivity contribution is -0.167. The van der Waals surface area contributed by atoms with Crippen molar-refractivity contribution in [2.75, 3.05) is 0 Å². The number of hydrogen-bond donors (Lipinski definition) is 0. The van der Waals surface area contributed by atoms with Gasteiger partial charge >= 0.3 is 5.97 Å². The first kappa shape index (κ1) is 16.4. The van der Waals surface area contributed by atoms with E-state index in [1.54, 1.807) is 17.2 Å². The van der Waals surface area contributed by atoms with Gasteiger partial charge < -0.3 is 4.74 Å². The van der Waals surface area contributed by atoms with E-state index in [9.17, 15) is 9.59 Å². The first-order valence-corrected chi connectivity index (χ1v) is 11.7. The highest BCUT2D eigenvalue weighted by Crippen LogP contribution is 2.78. The second kappa shape index (κ2) is 5.02. The van der Waals surface area contributed by atoms with Crippen LogP contribution in [0.4, 0.5) is 0 Å². The Morgan fingerprint density at radius 1 is 1.11 bits per heavy atom. The number of esters is 1. The lowest BCUT2D eigenvalue weighted by Gasteiger charge is -2.57. The molecule has 3 nitrogen and oxygen atoms in total. The van der Waals surface area contributed by atoms with E-state index in [-0.39, 0.29) is 17.0 Å². The van der Waals surface area contributed by atoms with Crippen LogP contribution in [-0.2, 0) is 14.3 Å². The Balaban J connectivity index is 1.34. The van der Waals surface area contributed by atoms with Gasteiger partial charge in [0.05, 0.1) is 0 Å². The predicted octanol–water partition coefficient (Wildman–Crippen LogP) is 4.62. The van der Waals surface area contributed by atoms with Gasteiger partial charge in [0.15, 0.2) is 0 Å². The van der Waals surface area contributed by atoms with Gasteiger partial charge in [0.1, 0.15) is 11.4 Å². The van der Waals surface area contributed by atoms with Crippen molar-refractivity contribution in [2.45, 2.75) is 70.3 Å². The Kier molecular flexibility index (Phi) is 2.94. The number of ether oxygens (including phenoxy) is 1. The molecule has 0 bridgehead atoms. The number of carbonyl (C=O) groups excluding carboxylic acids is 2. The number of fused-ring (bicyclic) bond motifs is 8. The zero-order valence-corrected chi connectivity index (χ0v) is 16.8. The van der Waals surface area contributed by atoms with Crippen LogP contribution in [0.25, 0.3) is 0 Å². The summed E-state index contributed by atoms with van der Waals surface area (Å²) in [7, 11) is 0. The first-order valence-electron chi connectivity index (χ1n) is 11.7. The SMILES string of the molecule is C[C@]12CC[C@@H]3C4=C(CC(=O)CC4)C[C@H](C4CC4)[C@H]3[C@@H]1[C@H]1C[C@H]1[C@@]21C=CC(=O)O1. The van der Waals surface area contributed by atoms with Crippen molar-refractivity contribution in [3.8, 4) is 0 Å². The Hall–Kier alpha value is -1.38. The highest BCUT2D eigenvalue weighted by molar-refractivity contribution is 5.86. The fourth-order valence-electron chi connectivity index (χ4n) is 9.10. The van der Waals surface area contributed by atoms with Crippen LogP contribution in [0.1, 0.15) is 64.7 Å². The molecule has 0 N–H and O–H groups in total. The Morgan fingerprint density at radius 2 is 1.96 bits per heavy atom. The largest absolute Gasteiger partial charge is 0.451 e. The van der Waals surface area contributed by atoms with Crippen molar-refractivity contribution >= 4 is 11.8 Å². The number of allylic oxidation sites excluding steroid dienone is 2. The molecule has 0 amide bonds. The smallest absolute Gasteiger partial charge is 0.331 e. The molecule has 28 heavy (non-hydrogen) atoms. The third-order valence-electron chi connectivity index (χ3n) is 10.3. The summed E-state index contributed by atoms with van der Waals surface area (Å²) >= 11 is 0. The van der Waals surface area contributed by atoms with Gasteiger partial charge in [-0.3, -0.25) is 4.79 Å². The molecule has 7 rings (SSSR count). The summed E-state index contributed by atoms with van der Waals surface area (Å²) in [6.45, 7) is 2.46. The molecule has 0 unspecified atom stereocenters. The van der Waals surface area contributed by atoms with Crippen LogP contribution in [-0.4, -0.2) is 17.4 Å². The van der Waals surface area contributed by atoms with Gasteiger partial charge in [0.25, 0.3) is 0 Å². The Bertz CT molecular complexity index is 863. The number of ketones is 1. The van der Waals surface area contributed by atoms with Gasteiger partial charge in [0.2, 0.25) is 0 Å². The molecule has 148 valence electrons. The zero-order chi connectivity index (χ0) is 18.8. The van der Waals surface area contributed by atoms with Crippen molar-refractivity contribution < 1.29 is 14.3 Å². The lowest BCUT2D eigenvalue weighted by atomic mass is 9.48. The number of carbonyl (C=O) groups is 2. The molecular formula is C25H30O3. The van der Waals surface area contributed by atoms with Gasteiger partial charge in [-0.2, -0.15) is 0 Å². The minimum Gasteiger partial charge on any atom is -0.451 e. The lowest BCUT2D eigenvalue weighted by Crippen LogP contribution is -2.55. The molecule has 1 spiro atoms. The molecule has 0 aromatic heterocycles. The van der Waals surface area contributed by atoms with Crippen molar-refractivity contribution in [1.82, 2.24) is 0 Å².